The highest BCUT2D eigenvalue weighted by Crippen LogP contribution is 2.37. The van der Waals surface area contributed by atoms with Crippen LogP contribution in [0.15, 0.2) is 0 Å². The summed E-state index contributed by atoms with van der Waals surface area (Å²) < 4.78 is 0. The summed E-state index contributed by atoms with van der Waals surface area (Å²) in [6, 6.07) is 1.58. The molecule has 116 valence electrons. The van der Waals surface area contributed by atoms with Crippen LogP contribution in [0.3, 0.4) is 0 Å². The van der Waals surface area contributed by atoms with Crippen LogP contribution in [0.4, 0.5) is 0 Å². The Morgan fingerprint density at radius 2 is 1.80 bits per heavy atom. The molecular formula is C17H33N3. The first-order valence-electron chi connectivity index (χ1n) is 8.71. The lowest BCUT2D eigenvalue weighted by Gasteiger charge is -2.49. The first-order chi connectivity index (χ1) is 9.59. The Kier molecular flexibility index (Phi) is 4.40. The van der Waals surface area contributed by atoms with Crippen molar-refractivity contribution in [2.75, 3.05) is 34.2 Å². The molecule has 1 heterocycles. The second kappa shape index (κ2) is 5.94. The van der Waals surface area contributed by atoms with E-state index in [0.29, 0.717) is 5.54 Å². The molecule has 0 radical (unpaired) electrons. The van der Waals surface area contributed by atoms with E-state index >= 15 is 0 Å². The minimum atomic E-state index is 0.472. The minimum absolute atomic E-state index is 0.472. The lowest BCUT2D eigenvalue weighted by atomic mass is 9.75. The highest BCUT2D eigenvalue weighted by Gasteiger charge is 2.41. The summed E-state index contributed by atoms with van der Waals surface area (Å²) >= 11 is 0. The standard InChI is InChI=1S/C17H33N3/c1-19(2)17(9-6-10-17)13-20(3)12-15-11-14-7-4-5-8-16(14)18-15/h14-16,18H,4-13H2,1-3H3. The average Bonchev–Trinajstić information content (AvgIpc) is 2.75. The van der Waals surface area contributed by atoms with Crippen molar-refractivity contribution in [2.45, 2.75) is 69.0 Å². The molecule has 1 N–H and O–H groups in total. The molecule has 0 aromatic rings. The fourth-order valence-corrected chi connectivity index (χ4v) is 4.85. The van der Waals surface area contributed by atoms with Crippen LogP contribution >= 0.6 is 0 Å². The molecular weight excluding hydrogens is 246 g/mol. The molecule has 0 amide bonds. The summed E-state index contributed by atoms with van der Waals surface area (Å²) in [6.07, 6.45) is 11.4. The zero-order valence-electron chi connectivity index (χ0n) is 13.7. The van der Waals surface area contributed by atoms with Crippen molar-refractivity contribution >= 4 is 0 Å². The Labute approximate surface area is 125 Å². The van der Waals surface area contributed by atoms with Gasteiger partial charge in [-0.3, -0.25) is 0 Å². The molecule has 0 spiro atoms. The monoisotopic (exact) mass is 279 g/mol. The summed E-state index contributed by atoms with van der Waals surface area (Å²) in [5.41, 5.74) is 0.472. The zero-order chi connectivity index (χ0) is 14.2. The normalized spacial score (nSPS) is 36.1. The van der Waals surface area contributed by atoms with Crippen LogP contribution in [-0.4, -0.2) is 61.7 Å². The minimum Gasteiger partial charge on any atom is -0.310 e. The van der Waals surface area contributed by atoms with Gasteiger partial charge in [0.15, 0.2) is 0 Å². The van der Waals surface area contributed by atoms with Gasteiger partial charge in [-0.05, 0) is 65.6 Å². The fraction of sp³-hybridized carbons (Fsp3) is 1.00. The van der Waals surface area contributed by atoms with Gasteiger partial charge in [0.1, 0.15) is 0 Å². The van der Waals surface area contributed by atoms with Crippen LogP contribution in [0, 0.1) is 5.92 Å². The van der Waals surface area contributed by atoms with Gasteiger partial charge in [-0.2, -0.15) is 0 Å². The summed E-state index contributed by atoms with van der Waals surface area (Å²) in [4.78, 5) is 5.06. The summed E-state index contributed by atoms with van der Waals surface area (Å²) in [7, 11) is 6.85. The third-order valence-electron chi connectivity index (χ3n) is 6.28. The maximum absolute atomic E-state index is 3.92. The molecule has 0 aromatic carbocycles. The number of likely N-dealkylation sites (N-methyl/N-ethyl adjacent to an activating group) is 2. The van der Waals surface area contributed by atoms with E-state index in [9.17, 15) is 0 Å². The van der Waals surface area contributed by atoms with Gasteiger partial charge in [0.05, 0.1) is 0 Å². The smallest absolute Gasteiger partial charge is 0.0330 e. The molecule has 3 fully saturated rings. The summed E-state index contributed by atoms with van der Waals surface area (Å²) in [5, 5.41) is 3.92. The lowest BCUT2D eigenvalue weighted by Crippen LogP contribution is -2.57. The molecule has 20 heavy (non-hydrogen) atoms. The SMILES string of the molecule is CN(CC1CC2CCCCC2N1)CC1(N(C)C)CCC1. The fourth-order valence-electron chi connectivity index (χ4n) is 4.85. The highest BCUT2D eigenvalue weighted by atomic mass is 15.2. The van der Waals surface area contributed by atoms with E-state index in [4.69, 9.17) is 0 Å². The number of nitrogens with one attached hydrogen (secondary N) is 1. The van der Waals surface area contributed by atoms with Crippen molar-refractivity contribution in [1.82, 2.24) is 15.1 Å². The van der Waals surface area contributed by atoms with Crippen molar-refractivity contribution in [3.8, 4) is 0 Å². The largest absolute Gasteiger partial charge is 0.310 e. The van der Waals surface area contributed by atoms with Crippen molar-refractivity contribution in [2.24, 2.45) is 5.92 Å². The van der Waals surface area contributed by atoms with Crippen LogP contribution < -0.4 is 5.32 Å². The zero-order valence-corrected chi connectivity index (χ0v) is 13.7. The number of fused-ring (bicyclic) bond motifs is 1. The molecule has 2 saturated carbocycles. The van der Waals surface area contributed by atoms with Crippen molar-refractivity contribution in [1.29, 1.82) is 0 Å². The maximum atomic E-state index is 3.92. The van der Waals surface area contributed by atoms with Gasteiger partial charge < -0.3 is 15.1 Å². The average molecular weight is 279 g/mol. The van der Waals surface area contributed by atoms with Gasteiger partial charge in [0, 0.05) is 30.7 Å². The molecule has 0 aromatic heterocycles. The molecule has 1 saturated heterocycles. The van der Waals surface area contributed by atoms with Crippen molar-refractivity contribution in [3.05, 3.63) is 0 Å². The van der Waals surface area contributed by atoms with Gasteiger partial charge in [0.25, 0.3) is 0 Å². The van der Waals surface area contributed by atoms with E-state index in [1.807, 2.05) is 0 Å². The molecule has 1 aliphatic heterocycles. The van der Waals surface area contributed by atoms with E-state index in [1.54, 1.807) is 0 Å². The molecule has 3 unspecified atom stereocenters. The number of hydrogen-bond donors (Lipinski definition) is 1. The predicted octanol–water partition coefficient (Wildman–Crippen LogP) is 2.32. The summed E-state index contributed by atoms with van der Waals surface area (Å²) in [5.74, 6) is 0.980. The first-order valence-corrected chi connectivity index (χ1v) is 8.71. The lowest BCUT2D eigenvalue weighted by molar-refractivity contribution is 0.0259. The number of rotatable bonds is 5. The van der Waals surface area contributed by atoms with Gasteiger partial charge in [-0.25, -0.2) is 0 Å². The second-order valence-corrected chi connectivity index (χ2v) is 7.92. The molecule has 2 aliphatic carbocycles. The van der Waals surface area contributed by atoms with Gasteiger partial charge in [-0.15, -0.1) is 0 Å². The van der Waals surface area contributed by atoms with Crippen LogP contribution in [0.1, 0.15) is 51.4 Å². The van der Waals surface area contributed by atoms with Gasteiger partial charge >= 0.3 is 0 Å². The summed E-state index contributed by atoms with van der Waals surface area (Å²) in [6.45, 7) is 2.48. The van der Waals surface area contributed by atoms with E-state index in [0.717, 1.165) is 18.0 Å². The molecule has 0 bridgehead atoms. The van der Waals surface area contributed by atoms with E-state index in [1.165, 1.54) is 64.5 Å². The predicted molar refractivity (Wildman–Crippen MR) is 85.1 cm³/mol. The van der Waals surface area contributed by atoms with E-state index in [-0.39, 0.29) is 0 Å². The first kappa shape index (κ1) is 14.8. The van der Waals surface area contributed by atoms with Crippen LogP contribution in [-0.2, 0) is 0 Å². The number of hydrogen-bond acceptors (Lipinski definition) is 3. The molecule has 3 heteroatoms. The molecule has 3 rings (SSSR count). The Bertz CT molecular complexity index is 310. The van der Waals surface area contributed by atoms with Crippen LogP contribution in [0.25, 0.3) is 0 Å². The van der Waals surface area contributed by atoms with Crippen molar-refractivity contribution in [3.63, 3.8) is 0 Å². The molecule has 3 atom stereocenters. The van der Waals surface area contributed by atoms with Crippen molar-refractivity contribution < 1.29 is 0 Å². The van der Waals surface area contributed by atoms with Crippen LogP contribution in [0.5, 0.6) is 0 Å². The maximum Gasteiger partial charge on any atom is 0.0330 e. The Balaban J connectivity index is 1.48. The molecule has 3 aliphatic rings. The Morgan fingerprint density at radius 1 is 1.05 bits per heavy atom. The van der Waals surface area contributed by atoms with Crippen LogP contribution in [0.2, 0.25) is 0 Å². The second-order valence-electron chi connectivity index (χ2n) is 7.92. The van der Waals surface area contributed by atoms with Gasteiger partial charge in [-0.1, -0.05) is 12.8 Å². The Hall–Kier alpha value is -0.120. The Morgan fingerprint density at radius 3 is 2.40 bits per heavy atom. The topological polar surface area (TPSA) is 18.5 Å². The van der Waals surface area contributed by atoms with E-state index < -0.39 is 0 Å². The quantitative estimate of drug-likeness (QED) is 0.833. The third-order valence-corrected chi connectivity index (χ3v) is 6.28. The third kappa shape index (κ3) is 2.90. The molecule has 3 nitrogen and oxygen atoms in total. The highest BCUT2D eigenvalue weighted by molar-refractivity contribution is 4.99. The number of nitrogens with zero attached hydrogens (tertiary/aromatic N) is 2. The van der Waals surface area contributed by atoms with Gasteiger partial charge in [0.2, 0.25) is 0 Å². The van der Waals surface area contributed by atoms with E-state index in [2.05, 4.69) is 36.3 Å².